The first-order chi connectivity index (χ1) is 10.2. The van der Waals surface area contributed by atoms with Crippen LogP contribution in [0.1, 0.15) is 52.7 Å². The van der Waals surface area contributed by atoms with Crippen LogP contribution in [0.15, 0.2) is 6.07 Å². The molecule has 2 heterocycles. The minimum atomic E-state index is 0.130. The van der Waals surface area contributed by atoms with Crippen LogP contribution >= 0.6 is 11.3 Å². The van der Waals surface area contributed by atoms with Gasteiger partial charge in [-0.2, -0.15) is 0 Å². The van der Waals surface area contributed by atoms with Gasteiger partial charge in [0.05, 0.1) is 4.88 Å². The Hall–Kier alpha value is -0.870. The first-order valence-corrected chi connectivity index (χ1v) is 9.14. The molecule has 1 aromatic rings. The highest BCUT2D eigenvalue weighted by Crippen LogP contribution is 2.32. The van der Waals surface area contributed by atoms with Crippen molar-refractivity contribution in [2.75, 3.05) is 19.6 Å². The lowest BCUT2D eigenvalue weighted by Gasteiger charge is -2.22. The summed E-state index contributed by atoms with van der Waals surface area (Å²) in [5.74, 6) is 1.63. The Labute approximate surface area is 131 Å². The van der Waals surface area contributed by atoms with Crippen molar-refractivity contribution in [3.8, 4) is 0 Å². The van der Waals surface area contributed by atoms with Gasteiger partial charge in [-0.25, -0.2) is 0 Å². The van der Waals surface area contributed by atoms with Crippen LogP contribution < -0.4 is 10.6 Å². The highest BCUT2D eigenvalue weighted by molar-refractivity contribution is 7.14. The number of piperidine rings is 1. The summed E-state index contributed by atoms with van der Waals surface area (Å²) < 4.78 is 0. The molecule has 0 aromatic carbocycles. The summed E-state index contributed by atoms with van der Waals surface area (Å²) in [6, 6.07) is 2.13. The minimum absolute atomic E-state index is 0.130. The third-order valence-corrected chi connectivity index (χ3v) is 6.03. The standard InChI is InChI=1S/C17H26N2OS/c1-12-4-5-15-14(9-12)10-16(21-15)17(20)19-8-6-13-3-2-7-18-11-13/h10,12-13,18H,2-9,11H2,1H3,(H,19,20). The fourth-order valence-corrected chi connectivity index (χ4v) is 4.59. The lowest BCUT2D eigenvalue weighted by molar-refractivity contribution is 0.0954. The van der Waals surface area contributed by atoms with Gasteiger partial charge in [-0.05, 0) is 75.1 Å². The third-order valence-electron chi connectivity index (χ3n) is 4.79. The molecule has 2 atom stereocenters. The van der Waals surface area contributed by atoms with Crippen molar-refractivity contribution in [1.29, 1.82) is 0 Å². The Morgan fingerprint density at radius 1 is 1.48 bits per heavy atom. The molecule has 4 heteroatoms. The van der Waals surface area contributed by atoms with Crippen LogP contribution in [0.25, 0.3) is 0 Å². The Morgan fingerprint density at radius 2 is 2.38 bits per heavy atom. The van der Waals surface area contributed by atoms with E-state index in [4.69, 9.17) is 0 Å². The molecular weight excluding hydrogens is 280 g/mol. The Kier molecular flexibility index (Phi) is 4.96. The summed E-state index contributed by atoms with van der Waals surface area (Å²) in [6.45, 7) is 5.38. The normalized spacial score (nSPS) is 25.4. The number of rotatable bonds is 4. The van der Waals surface area contributed by atoms with E-state index in [1.807, 2.05) is 0 Å². The second-order valence-electron chi connectivity index (χ2n) is 6.66. The van der Waals surface area contributed by atoms with E-state index in [-0.39, 0.29) is 5.91 Å². The van der Waals surface area contributed by atoms with Gasteiger partial charge in [-0.3, -0.25) is 4.79 Å². The van der Waals surface area contributed by atoms with Gasteiger partial charge in [-0.1, -0.05) is 6.92 Å². The fourth-order valence-electron chi connectivity index (χ4n) is 3.47. The first-order valence-electron chi connectivity index (χ1n) is 8.33. The van der Waals surface area contributed by atoms with Crippen molar-refractivity contribution >= 4 is 17.2 Å². The predicted molar refractivity (Wildman–Crippen MR) is 88.1 cm³/mol. The van der Waals surface area contributed by atoms with Crippen LogP contribution in [-0.2, 0) is 12.8 Å². The Morgan fingerprint density at radius 3 is 3.19 bits per heavy atom. The number of amides is 1. The van der Waals surface area contributed by atoms with Crippen LogP contribution in [0.3, 0.4) is 0 Å². The van der Waals surface area contributed by atoms with Gasteiger partial charge in [0.1, 0.15) is 0 Å². The van der Waals surface area contributed by atoms with Crippen molar-refractivity contribution in [2.24, 2.45) is 11.8 Å². The number of hydrogen-bond donors (Lipinski definition) is 2. The molecule has 2 aliphatic rings. The molecule has 0 bridgehead atoms. The van der Waals surface area contributed by atoms with Gasteiger partial charge in [0.25, 0.3) is 5.91 Å². The molecule has 0 saturated carbocycles. The maximum absolute atomic E-state index is 12.3. The Balaban J connectivity index is 1.49. The zero-order valence-corrected chi connectivity index (χ0v) is 13.7. The lowest BCUT2D eigenvalue weighted by Crippen LogP contribution is -2.33. The molecule has 1 aromatic heterocycles. The van der Waals surface area contributed by atoms with E-state index < -0.39 is 0 Å². The minimum Gasteiger partial charge on any atom is -0.351 e. The van der Waals surface area contributed by atoms with Crippen LogP contribution in [0.5, 0.6) is 0 Å². The molecule has 0 radical (unpaired) electrons. The van der Waals surface area contributed by atoms with E-state index >= 15 is 0 Å². The number of thiophene rings is 1. The summed E-state index contributed by atoms with van der Waals surface area (Å²) in [4.78, 5) is 14.6. The summed E-state index contributed by atoms with van der Waals surface area (Å²) in [5, 5.41) is 6.54. The van der Waals surface area contributed by atoms with Crippen LogP contribution in [0, 0.1) is 11.8 Å². The number of fused-ring (bicyclic) bond motifs is 1. The molecule has 1 saturated heterocycles. The SMILES string of the molecule is CC1CCc2sc(C(=O)NCCC3CCCNC3)cc2C1. The van der Waals surface area contributed by atoms with Gasteiger partial charge in [-0.15, -0.1) is 11.3 Å². The lowest BCUT2D eigenvalue weighted by atomic mass is 9.90. The quantitative estimate of drug-likeness (QED) is 0.898. The zero-order chi connectivity index (χ0) is 14.7. The fraction of sp³-hybridized carbons (Fsp3) is 0.706. The molecule has 21 heavy (non-hydrogen) atoms. The number of carbonyl (C=O) groups excluding carboxylic acids is 1. The number of hydrogen-bond acceptors (Lipinski definition) is 3. The molecule has 1 amide bonds. The van der Waals surface area contributed by atoms with Crippen LogP contribution in [0.4, 0.5) is 0 Å². The van der Waals surface area contributed by atoms with E-state index in [9.17, 15) is 4.79 Å². The topological polar surface area (TPSA) is 41.1 Å². The zero-order valence-electron chi connectivity index (χ0n) is 12.9. The van der Waals surface area contributed by atoms with Gasteiger partial charge >= 0.3 is 0 Å². The number of nitrogens with one attached hydrogen (secondary N) is 2. The van der Waals surface area contributed by atoms with Gasteiger partial charge in [0.2, 0.25) is 0 Å². The smallest absolute Gasteiger partial charge is 0.261 e. The molecular formula is C17H26N2OS. The van der Waals surface area contributed by atoms with E-state index in [1.165, 1.54) is 29.7 Å². The molecule has 2 N–H and O–H groups in total. The maximum atomic E-state index is 12.3. The average Bonchev–Trinajstić information content (AvgIpc) is 2.91. The first kappa shape index (κ1) is 15.0. The van der Waals surface area contributed by atoms with Crippen molar-refractivity contribution in [1.82, 2.24) is 10.6 Å². The van der Waals surface area contributed by atoms with Gasteiger partial charge in [0.15, 0.2) is 0 Å². The highest BCUT2D eigenvalue weighted by atomic mass is 32.1. The Bertz CT molecular complexity index is 491. The van der Waals surface area contributed by atoms with E-state index in [0.717, 1.165) is 55.6 Å². The average molecular weight is 306 g/mol. The second-order valence-corrected chi connectivity index (χ2v) is 7.80. The summed E-state index contributed by atoms with van der Waals surface area (Å²) >= 11 is 1.71. The van der Waals surface area contributed by atoms with E-state index in [1.54, 1.807) is 11.3 Å². The largest absolute Gasteiger partial charge is 0.351 e. The van der Waals surface area contributed by atoms with E-state index in [0.29, 0.717) is 0 Å². The van der Waals surface area contributed by atoms with Crippen molar-refractivity contribution < 1.29 is 4.79 Å². The summed E-state index contributed by atoms with van der Waals surface area (Å²) in [6.07, 6.45) is 7.24. The molecule has 2 unspecified atom stereocenters. The molecule has 3 nitrogen and oxygen atoms in total. The second kappa shape index (κ2) is 6.93. The van der Waals surface area contributed by atoms with Gasteiger partial charge in [0, 0.05) is 11.4 Å². The monoisotopic (exact) mass is 306 g/mol. The van der Waals surface area contributed by atoms with E-state index in [2.05, 4.69) is 23.6 Å². The molecule has 116 valence electrons. The molecule has 1 aliphatic heterocycles. The molecule has 3 rings (SSSR count). The third kappa shape index (κ3) is 3.86. The van der Waals surface area contributed by atoms with Crippen molar-refractivity contribution in [3.63, 3.8) is 0 Å². The van der Waals surface area contributed by atoms with Crippen molar-refractivity contribution in [3.05, 3.63) is 21.4 Å². The number of aryl methyl sites for hydroxylation is 1. The molecule has 1 aliphatic carbocycles. The maximum Gasteiger partial charge on any atom is 0.261 e. The molecule has 1 fully saturated rings. The summed E-state index contributed by atoms with van der Waals surface area (Å²) in [7, 11) is 0. The van der Waals surface area contributed by atoms with Crippen molar-refractivity contribution in [2.45, 2.75) is 45.4 Å². The highest BCUT2D eigenvalue weighted by Gasteiger charge is 2.20. The van der Waals surface area contributed by atoms with Gasteiger partial charge < -0.3 is 10.6 Å². The molecule has 0 spiro atoms. The summed E-state index contributed by atoms with van der Waals surface area (Å²) in [5.41, 5.74) is 1.42. The number of carbonyl (C=O) groups is 1. The van der Waals surface area contributed by atoms with Crippen LogP contribution in [0.2, 0.25) is 0 Å². The van der Waals surface area contributed by atoms with Crippen LogP contribution in [-0.4, -0.2) is 25.5 Å². The predicted octanol–water partition coefficient (Wildman–Crippen LogP) is 2.99.